The first-order valence-electron chi connectivity index (χ1n) is 7.56. The van der Waals surface area contributed by atoms with Crippen LogP contribution in [0.3, 0.4) is 0 Å². The monoisotopic (exact) mass is 458 g/mol. The number of nitrogens with one attached hydrogen (secondary N) is 2. The van der Waals surface area contributed by atoms with Crippen molar-refractivity contribution in [1.82, 2.24) is 15.6 Å². The van der Waals surface area contributed by atoms with Crippen molar-refractivity contribution in [2.75, 3.05) is 13.2 Å². The minimum atomic E-state index is -4.36. The molecule has 2 atom stereocenters. The number of rotatable bonds is 6. The van der Waals surface area contributed by atoms with Crippen molar-refractivity contribution < 1.29 is 17.9 Å². The Morgan fingerprint density at radius 1 is 1.42 bits per heavy atom. The van der Waals surface area contributed by atoms with Gasteiger partial charge in [-0.15, -0.1) is 24.0 Å². The third kappa shape index (κ3) is 7.54. The molecule has 1 aromatic rings. The summed E-state index contributed by atoms with van der Waals surface area (Å²) in [5.41, 5.74) is 0.797. The summed E-state index contributed by atoms with van der Waals surface area (Å²) in [6.07, 6.45) is -1.76. The summed E-state index contributed by atoms with van der Waals surface area (Å²) < 4.78 is 40.7. The van der Waals surface area contributed by atoms with Crippen LogP contribution in [0.1, 0.15) is 25.8 Å². The molecule has 0 radical (unpaired) electrons. The van der Waals surface area contributed by atoms with Gasteiger partial charge in [0.1, 0.15) is 0 Å². The largest absolute Gasteiger partial charge is 0.468 e. The summed E-state index contributed by atoms with van der Waals surface area (Å²) in [5, 5.41) is 6.49. The van der Waals surface area contributed by atoms with E-state index in [1.54, 1.807) is 6.07 Å². The van der Waals surface area contributed by atoms with Gasteiger partial charge in [0.15, 0.2) is 12.6 Å². The van der Waals surface area contributed by atoms with Gasteiger partial charge >= 0.3 is 6.18 Å². The Hall–Kier alpha value is -1.26. The third-order valence-corrected chi connectivity index (χ3v) is 3.38. The minimum absolute atomic E-state index is 0. The zero-order valence-electron chi connectivity index (χ0n) is 13.6. The van der Waals surface area contributed by atoms with Crippen LogP contribution in [0.2, 0.25) is 0 Å². The van der Waals surface area contributed by atoms with Gasteiger partial charge in [0.05, 0.1) is 6.54 Å². The van der Waals surface area contributed by atoms with E-state index in [-0.39, 0.29) is 29.9 Å². The SMILES string of the molecule is CCNC(=NCc1ccc(OCC(F)(F)F)nc1)NC1CC1C.I. The molecule has 1 saturated carbocycles. The molecule has 0 amide bonds. The average Bonchev–Trinajstić information content (AvgIpc) is 3.18. The van der Waals surface area contributed by atoms with Gasteiger partial charge in [-0.1, -0.05) is 13.0 Å². The first kappa shape index (κ1) is 20.8. The molecule has 0 saturated heterocycles. The molecular formula is C15H22F3IN4O. The summed E-state index contributed by atoms with van der Waals surface area (Å²) in [6, 6.07) is 3.54. The van der Waals surface area contributed by atoms with Gasteiger partial charge in [-0.2, -0.15) is 13.2 Å². The molecule has 1 aliphatic carbocycles. The molecule has 1 fully saturated rings. The highest BCUT2D eigenvalue weighted by atomic mass is 127. The number of halogens is 4. The highest BCUT2D eigenvalue weighted by Gasteiger charge is 2.33. The van der Waals surface area contributed by atoms with Crippen molar-refractivity contribution in [1.29, 1.82) is 0 Å². The Morgan fingerprint density at radius 2 is 2.12 bits per heavy atom. The Balaban J connectivity index is 0.00000288. The van der Waals surface area contributed by atoms with E-state index in [1.165, 1.54) is 12.3 Å². The van der Waals surface area contributed by atoms with Crippen LogP contribution >= 0.6 is 24.0 Å². The second-order valence-corrected chi connectivity index (χ2v) is 5.57. The smallest absolute Gasteiger partial charge is 0.422 e. The first-order chi connectivity index (χ1) is 10.9. The van der Waals surface area contributed by atoms with Gasteiger partial charge in [-0.3, -0.25) is 0 Å². The van der Waals surface area contributed by atoms with Gasteiger partial charge in [-0.05, 0) is 24.8 Å². The normalized spacial score (nSPS) is 20.1. The van der Waals surface area contributed by atoms with Crippen LogP contribution in [0.4, 0.5) is 13.2 Å². The number of hydrogen-bond donors (Lipinski definition) is 2. The summed E-state index contributed by atoms with van der Waals surface area (Å²) in [4.78, 5) is 8.31. The van der Waals surface area contributed by atoms with Crippen LogP contribution < -0.4 is 15.4 Å². The van der Waals surface area contributed by atoms with Crippen LogP contribution in [0, 0.1) is 5.92 Å². The number of pyridine rings is 1. The Labute approximate surface area is 156 Å². The molecule has 1 aliphatic rings. The Bertz CT molecular complexity index is 537. The van der Waals surface area contributed by atoms with Crippen LogP contribution in [0.15, 0.2) is 23.3 Å². The number of alkyl halides is 3. The number of ether oxygens (including phenoxy) is 1. The van der Waals surface area contributed by atoms with Gasteiger partial charge in [0, 0.05) is 24.8 Å². The number of aromatic nitrogens is 1. The third-order valence-electron chi connectivity index (χ3n) is 3.38. The van der Waals surface area contributed by atoms with Crippen molar-refractivity contribution in [2.45, 2.75) is 39.0 Å². The number of guanidine groups is 1. The molecular weight excluding hydrogens is 436 g/mol. The molecule has 1 aromatic heterocycles. The fraction of sp³-hybridized carbons (Fsp3) is 0.600. The maximum atomic E-state index is 12.1. The molecule has 0 aromatic carbocycles. The van der Waals surface area contributed by atoms with E-state index in [1.807, 2.05) is 6.92 Å². The summed E-state index contributed by atoms with van der Waals surface area (Å²) in [6.45, 7) is 3.97. The molecule has 2 N–H and O–H groups in total. The van der Waals surface area contributed by atoms with Crippen molar-refractivity contribution in [2.24, 2.45) is 10.9 Å². The molecule has 2 rings (SSSR count). The molecule has 0 bridgehead atoms. The van der Waals surface area contributed by atoms with E-state index in [2.05, 4.69) is 32.3 Å². The Kier molecular flexibility index (Phi) is 8.04. The van der Waals surface area contributed by atoms with Crippen molar-refractivity contribution >= 4 is 29.9 Å². The van der Waals surface area contributed by atoms with E-state index in [4.69, 9.17) is 0 Å². The van der Waals surface area contributed by atoms with Crippen LogP contribution in [-0.2, 0) is 6.54 Å². The fourth-order valence-corrected chi connectivity index (χ4v) is 1.93. The summed E-state index contributed by atoms with van der Waals surface area (Å²) >= 11 is 0. The van der Waals surface area contributed by atoms with Gasteiger partial charge in [0.25, 0.3) is 0 Å². The van der Waals surface area contributed by atoms with E-state index in [9.17, 15) is 13.2 Å². The van der Waals surface area contributed by atoms with Crippen LogP contribution in [-0.4, -0.2) is 36.3 Å². The number of nitrogens with zero attached hydrogens (tertiary/aromatic N) is 2. The van der Waals surface area contributed by atoms with Crippen molar-refractivity contribution in [3.63, 3.8) is 0 Å². The van der Waals surface area contributed by atoms with E-state index < -0.39 is 12.8 Å². The van der Waals surface area contributed by atoms with Gasteiger partial charge in [-0.25, -0.2) is 9.98 Å². The molecule has 0 spiro atoms. The second-order valence-electron chi connectivity index (χ2n) is 5.57. The lowest BCUT2D eigenvalue weighted by atomic mass is 10.3. The number of hydrogen-bond acceptors (Lipinski definition) is 3. The first-order valence-corrected chi connectivity index (χ1v) is 7.56. The molecule has 2 unspecified atom stereocenters. The van der Waals surface area contributed by atoms with E-state index in [0.717, 1.165) is 24.5 Å². The highest BCUT2D eigenvalue weighted by Crippen LogP contribution is 2.28. The highest BCUT2D eigenvalue weighted by molar-refractivity contribution is 14.0. The van der Waals surface area contributed by atoms with Crippen LogP contribution in [0.25, 0.3) is 0 Å². The fourth-order valence-electron chi connectivity index (χ4n) is 1.93. The number of aliphatic imine (C=N–C) groups is 1. The summed E-state index contributed by atoms with van der Waals surface area (Å²) in [7, 11) is 0. The second kappa shape index (κ2) is 9.28. The summed E-state index contributed by atoms with van der Waals surface area (Å²) in [5.74, 6) is 1.34. The quantitative estimate of drug-likeness (QED) is 0.391. The van der Waals surface area contributed by atoms with Crippen molar-refractivity contribution in [3.8, 4) is 5.88 Å². The van der Waals surface area contributed by atoms with Crippen LogP contribution in [0.5, 0.6) is 5.88 Å². The molecule has 5 nitrogen and oxygen atoms in total. The average molecular weight is 458 g/mol. The van der Waals surface area contributed by atoms with E-state index >= 15 is 0 Å². The van der Waals surface area contributed by atoms with E-state index in [0.29, 0.717) is 18.5 Å². The molecule has 1 heterocycles. The molecule has 24 heavy (non-hydrogen) atoms. The lowest BCUT2D eigenvalue weighted by Gasteiger charge is -2.11. The maximum absolute atomic E-state index is 12.1. The lowest BCUT2D eigenvalue weighted by Crippen LogP contribution is -2.39. The standard InChI is InChI=1S/C15H21F3N4O.HI/c1-3-19-14(22-12-6-10(12)2)21-8-11-4-5-13(20-7-11)23-9-15(16,17)18;/h4-5,7,10,12H,3,6,8-9H2,1-2H3,(H2,19,21,22);1H. The Morgan fingerprint density at radius 3 is 2.62 bits per heavy atom. The van der Waals surface area contributed by atoms with Gasteiger partial charge in [0.2, 0.25) is 5.88 Å². The van der Waals surface area contributed by atoms with Crippen molar-refractivity contribution in [3.05, 3.63) is 23.9 Å². The molecule has 136 valence electrons. The zero-order valence-corrected chi connectivity index (χ0v) is 15.9. The van der Waals surface area contributed by atoms with Gasteiger partial charge < -0.3 is 15.4 Å². The predicted molar refractivity (Wildman–Crippen MR) is 96.7 cm³/mol. The molecule has 0 aliphatic heterocycles. The predicted octanol–water partition coefficient (Wildman–Crippen LogP) is 3.10. The lowest BCUT2D eigenvalue weighted by molar-refractivity contribution is -0.154. The maximum Gasteiger partial charge on any atom is 0.422 e. The zero-order chi connectivity index (χ0) is 16.9. The molecule has 9 heteroatoms. The topological polar surface area (TPSA) is 58.5 Å². The minimum Gasteiger partial charge on any atom is -0.468 e.